The number of hydrogen-bond acceptors (Lipinski definition) is 4. The molecule has 1 aromatic rings. The molecule has 0 aromatic heterocycles. The number of aryl methyl sites for hydroxylation is 1. The predicted octanol–water partition coefficient (Wildman–Crippen LogP) is 1.46. The fourth-order valence-electron chi connectivity index (χ4n) is 1.84. The van der Waals surface area contributed by atoms with Crippen molar-refractivity contribution in [2.24, 2.45) is 0 Å². The molecule has 0 amide bonds. The molecule has 1 aromatic carbocycles. The van der Waals surface area contributed by atoms with Crippen molar-refractivity contribution >= 4 is 27.3 Å². The molecule has 1 atom stereocenters. The summed E-state index contributed by atoms with van der Waals surface area (Å²) in [4.78, 5) is 2.05. The molecule has 19 heavy (non-hydrogen) atoms. The summed E-state index contributed by atoms with van der Waals surface area (Å²) in [5, 5.41) is 0.389. The minimum atomic E-state index is -3.58. The molecular weight excluding hydrogens is 286 g/mol. The Kier molecular flexibility index (Phi) is 5.20. The van der Waals surface area contributed by atoms with Crippen LogP contribution in [0.1, 0.15) is 12.5 Å². The molecule has 0 heterocycles. The van der Waals surface area contributed by atoms with Crippen LogP contribution in [-0.2, 0) is 10.0 Å². The van der Waals surface area contributed by atoms with Crippen molar-refractivity contribution in [1.82, 2.24) is 9.62 Å². The fourth-order valence-corrected chi connectivity index (χ4v) is 3.30. The first-order chi connectivity index (χ1) is 8.63. The SMILES string of the molecule is Cc1cc(S(=O)(=O)NC(C)CN(C)C)cc(N)c1Cl. The van der Waals surface area contributed by atoms with E-state index in [0.717, 1.165) is 0 Å². The number of halogens is 1. The van der Waals surface area contributed by atoms with Gasteiger partial charge in [-0.3, -0.25) is 0 Å². The summed E-state index contributed by atoms with van der Waals surface area (Å²) in [5.41, 5.74) is 6.60. The molecule has 0 spiro atoms. The summed E-state index contributed by atoms with van der Waals surface area (Å²) in [6, 6.07) is 2.70. The van der Waals surface area contributed by atoms with Gasteiger partial charge in [0.2, 0.25) is 10.0 Å². The van der Waals surface area contributed by atoms with Gasteiger partial charge in [0.05, 0.1) is 15.6 Å². The largest absolute Gasteiger partial charge is 0.397 e. The van der Waals surface area contributed by atoms with Crippen LogP contribution >= 0.6 is 11.6 Å². The highest BCUT2D eigenvalue weighted by molar-refractivity contribution is 7.89. The van der Waals surface area contributed by atoms with Crippen molar-refractivity contribution < 1.29 is 8.42 Å². The van der Waals surface area contributed by atoms with Crippen LogP contribution in [0.2, 0.25) is 5.02 Å². The quantitative estimate of drug-likeness (QED) is 0.808. The van der Waals surface area contributed by atoms with Crippen LogP contribution in [0.3, 0.4) is 0 Å². The highest BCUT2D eigenvalue weighted by Crippen LogP contribution is 2.26. The Morgan fingerprint density at radius 1 is 1.42 bits per heavy atom. The standard InChI is InChI=1S/C12H20ClN3O2S/c1-8-5-10(6-11(14)12(8)13)19(17,18)15-9(2)7-16(3)4/h5-6,9,15H,7,14H2,1-4H3. The van der Waals surface area contributed by atoms with Gasteiger partial charge in [-0.25, -0.2) is 13.1 Å². The molecule has 0 saturated carbocycles. The lowest BCUT2D eigenvalue weighted by atomic mass is 10.2. The van der Waals surface area contributed by atoms with Crippen molar-refractivity contribution in [3.63, 3.8) is 0 Å². The van der Waals surface area contributed by atoms with Crippen LogP contribution in [0.4, 0.5) is 5.69 Å². The normalized spacial score (nSPS) is 13.8. The van der Waals surface area contributed by atoms with E-state index < -0.39 is 10.0 Å². The summed E-state index contributed by atoms with van der Waals surface area (Å²) in [6.45, 7) is 4.14. The third-order valence-electron chi connectivity index (χ3n) is 2.56. The minimum absolute atomic E-state index is 0.137. The van der Waals surface area contributed by atoms with Crippen LogP contribution < -0.4 is 10.5 Å². The first-order valence-corrected chi connectivity index (χ1v) is 7.72. The molecule has 0 aliphatic carbocycles. The number of nitrogen functional groups attached to an aromatic ring is 1. The zero-order valence-corrected chi connectivity index (χ0v) is 13.1. The van der Waals surface area contributed by atoms with Crippen molar-refractivity contribution in [2.75, 3.05) is 26.4 Å². The van der Waals surface area contributed by atoms with E-state index in [2.05, 4.69) is 4.72 Å². The molecule has 0 fully saturated rings. The number of sulfonamides is 1. The monoisotopic (exact) mass is 305 g/mol. The molecule has 0 radical (unpaired) electrons. The van der Waals surface area contributed by atoms with Crippen LogP contribution in [0.15, 0.2) is 17.0 Å². The molecule has 7 heteroatoms. The second-order valence-electron chi connectivity index (χ2n) is 4.93. The van der Waals surface area contributed by atoms with Crippen LogP contribution in [0.5, 0.6) is 0 Å². The maximum Gasteiger partial charge on any atom is 0.240 e. The maximum absolute atomic E-state index is 12.2. The topological polar surface area (TPSA) is 75.4 Å². The predicted molar refractivity (Wildman–Crippen MR) is 78.9 cm³/mol. The average Bonchev–Trinajstić information content (AvgIpc) is 2.22. The highest BCUT2D eigenvalue weighted by Gasteiger charge is 2.19. The number of hydrogen-bond donors (Lipinski definition) is 2. The zero-order valence-electron chi connectivity index (χ0n) is 11.6. The molecule has 1 rings (SSSR count). The molecule has 0 saturated heterocycles. The highest BCUT2D eigenvalue weighted by atomic mass is 35.5. The van der Waals surface area contributed by atoms with E-state index >= 15 is 0 Å². The van der Waals surface area contributed by atoms with Gasteiger partial charge in [-0.15, -0.1) is 0 Å². The van der Waals surface area contributed by atoms with E-state index in [1.165, 1.54) is 12.1 Å². The number of rotatable bonds is 5. The number of anilines is 1. The first-order valence-electron chi connectivity index (χ1n) is 5.86. The summed E-state index contributed by atoms with van der Waals surface area (Å²) in [7, 11) is 0.186. The van der Waals surface area contributed by atoms with Gasteiger partial charge >= 0.3 is 0 Å². The molecule has 108 valence electrons. The van der Waals surface area contributed by atoms with E-state index in [0.29, 0.717) is 17.1 Å². The van der Waals surface area contributed by atoms with Gasteiger partial charge in [0.25, 0.3) is 0 Å². The van der Waals surface area contributed by atoms with Crippen LogP contribution in [-0.4, -0.2) is 40.0 Å². The molecule has 5 nitrogen and oxygen atoms in total. The van der Waals surface area contributed by atoms with Crippen LogP contribution in [0.25, 0.3) is 0 Å². The Morgan fingerprint density at radius 2 is 2.00 bits per heavy atom. The van der Waals surface area contributed by atoms with Gasteiger partial charge in [0.1, 0.15) is 0 Å². The van der Waals surface area contributed by atoms with E-state index in [1.54, 1.807) is 6.92 Å². The van der Waals surface area contributed by atoms with Gasteiger partial charge in [-0.05, 0) is 45.6 Å². The Labute approximate surface area is 119 Å². The third kappa shape index (κ3) is 4.35. The number of likely N-dealkylation sites (N-methyl/N-ethyl adjacent to an activating group) is 1. The summed E-state index contributed by atoms with van der Waals surface area (Å²) >= 11 is 5.93. The van der Waals surface area contributed by atoms with Gasteiger partial charge in [0, 0.05) is 12.6 Å². The molecule has 1 unspecified atom stereocenters. The van der Waals surface area contributed by atoms with E-state index in [4.69, 9.17) is 17.3 Å². The maximum atomic E-state index is 12.2. The lowest BCUT2D eigenvalue weighted by molar-refractivity contribution is 0.370. The molecule has 3 N–H and O–H groups in total. The zero-order chi connectivity index (χ0) is 14.8. The van der Waals surface area contributed by atoms with Gasteiger partial charge in [-0.1, -0.05) is 11.6 Å². The molecule has 0 aliphatic heterocycles. The lowest BCUT2D eigenvalue weighted by Gasteiger charge is -2.18. The Balaban J connectivity index is 3.01. The van der Waals surface area contributed by atoms with Crippen LogP contribution in [0, 0.1) is 6.92 Å². The summed E-state index contributed by atoms with van der Waals surface area (Å²) < 4.78 is 27.0. The molecular formula is C12H20ClN3O2S. The fraction of sp³-hybridized carbons (Fsp3) is 0.500. The molecule has 0 aliphatic rings. The van der Waals surface area contributed by atoms with Gasteiger partial charge < -0.3 is 10.6 Å². The second kappa shape index (κ2) is 6.09. The second-order valence-corrected chi connectivity index (χ2v) is 7.02. The Bertz CT molecular complexity index is 535. The van der Waals surface area contributed by atoms with E-state index in [9.17, 15) is 8.42 Å². The minimum Gasteiger partial charge on any atom is -0.397 e. The van der Waals surface area contributed by atoms with E-state index in [1.807, 2.05) is 25.9 Å². The van der Waals surface area contributed by atoms with Crippen molar-refractivity contribution in [3.05, 3.63) is 22.7 Å². The number of nitrogens with two attached hydrogens (primary N) is 1. The average molecular weight is 306 g/mol. The van der Waals surface area contributed by atoms with Crippen molar-refractivity contribution in [1.29, 1.82) is 0 Å². The smallest absolute Gasteiger partial charge is 0.240 e. The number of nitrogens with one attached hydrogen (secondary N) is 1. The summed E-state index contributed by atoms with van der Waals surface area (Å²) in [6.07, 6.45) is 0. The first kappa shape index (κ1) is 16.2. The summed E-state index contributed by atoms with van der Waals surface area (Å²) in [5.74, 6) is 0. The number of benzene rings is 1. The number of nitrogens with zero attached hydrogens (tertiary/aromatic N) is 1. The lowest BCUT2D eigenvalue weighted by Crippen LogP contribution is -2.39. The van der Waals surface area contributed by atoms with E-state index in [-0.39, 0.29) is 16.6 Å². The van der Waals surface area contributed by atoms with Gasteiger partial charge in [0.15, 0.2) is 0 Å². The van der Waals surface area contributed by atoms with Crippen molar-refractivity contribution in [2.45, 2.75) is 24.8 Å². The van der Waals surface area contributed by atoms with Gasteiger partial charge in [-0.2, -0.15) is 0 Å². The Morgan fingerprint density at radius 3 is 2.47 bits per heavy atom. The Hall–Kier alpha value is -0.820. The molecule has 0 bridgehead atoms. The third-order valence-corrected chi connectivity index (χ3v) is 4.65. The van der Waals surface area contributed by atoms with Crippen molar-refractivity contribution in [3.8, 4) is 0 Å².